The summed E-state index contributed by atoms with van der Waals surface area (Å²) in [6.45, 7) is 8.41. The molecule has 0 N–H and O–H groups in total. The van der Waals surface area contributed by atoms with Crippen molar-refractivity contribution in [3.63, 3.8) is 0 Å². The van der Waals surface area contributed by atoms with Crippen molar-refractivity contribution in [2.75, 3.05) is 0 Å². The number of aromatic nitrogens is 2. The Labute approximate surface area is 119 Å². The van der Waals surface area contributed by atoms with E-state index in [0.29, 0.717) is 5.75 Å². The molecule has 0 aliphatic heterocycles. The minimum atomic E-state index is -0.0592. The lowest BCUT2D eigenvalue weighted by atomic mass is 9.85. The molecule has 0 unspecified atom stereocenters. The summed E-state index contributed by atoms with van der Waals surface area (Å²) in [5.41, 5.74) is 2.37. The van der Waals surface area contributed by atoms with Crippen LogP contribution in [0, 0.1) is 18.3 Å². The maximum Gasteiger partial charge on any atom is 0.256 e. The Morgan fingerprint density at radius 1 is 1.15 bits per heavy atom. The average molecular weight is 267 g/mol. The van der Waals surface area contributed by atoms with E-state index in [2.05, 4.69) is 36.8 Å². The lowest BCUT2D eigenvalue weighted by molar-refractivity contribution is 0.436. The molecule has 0 amide bonds. The van der Waals surface area contributed by atoms with Gasteiger partial charge in [0.1, 0.15) is 11.8 Å². The molecule has 1 aromatic carbocycles. The minimum Gasteiger partial charge on any atom is -0.436 e. The van der Waals surface area contributed by atoms with Crippen LogP contribution in [0.1, 0.15) is 37.6 Å². The molecule has 20 heavy (non-hydrogen) atoms. The maximum atomic E-state index is 9.04. The number of hydrogen-bond donors (Lipinski definition) is 0. The molecule has 4 heteroatoms. The summed E-state index contributed by atoms with van der Waals surface area (Å²) < 4.78 is 5.82. The number of rotatable bonds is 2. The van der Waals surface area contributed by atoms with Crippen LogP contribution in [0.25, 0.3) is 0 Å². The van der Waals surface area contributed by atoms with Crippen molar-refractivity contribution < 1.29 is 4.74 Å². The second-order valence-corrected chi connectivity index (χ2v) is 5.67. The predicted molar refractivity (Wildman–Crippen MR) is 76.7 cm³/mol. The SMILES string of the molecule is Cc1ccc(Oc2nccnc2C#N)c(C(C)(C)C)c1. The van der Waals surface area contributed by atoms with Crippen molar-refractivity contribution in [1.82, 2.24) is 9.97 Å². The molecule has 0 aliphatic rings. The maximum absolute atomic E-state index is 9.04. The normalized spacial score (nSPS) is 10.9. The quantitative estimate of drug-likeness (QED) is 0.831. The zero-order chi connectivity index (χ0) is 14.8. The summed E-state index contributed by atoms with van der Waals surface area (Å²) in [6.07, 6.45) is 2.99. The van der Waals surface area contributed by atoms with Crippen LogP contribution in [0.5, 0.6) is 11.6 Å². The van der Waals surface area contributed by atoms with Gasteiger partial charge in [-0.3, -0.25) is 0 Å². The van der Waals surface area contributed by atoms with Gasteiger partial charge in [-0.15, -0.1) is 0 Å². The summed E-state index contributed by atoms with van der Waals surface area (Å²) in [5.74, 6) is 0.949. The number of aryl methyl sites for hydroxylation is 1. The van der Waals surface area contributed by atoms with Crippen molar-refractivity contribution in [1.29, 1.82) is 5.26 Å². The Bertz CT molecular complexity index is 666. The molecule has 0 saturated carbocycles. The van der Waals surface area contributed by atoms with E-state index in [1.165, 1.54) is 18.0 Å². The summed E-state index contributed by atoms with van der Waals surface area (Å²) >= 11 is 0. The first-order valence-corrected chi connectivity index (χ1v) is 6.42. The van der Waals surface area contributed by atoms with E-state index in [-0.39, 0.29) is 17.0 Å². The topological polar surface area (TPSA) is 58.8 Å². The van der Waals surface area contributed by atoms with E-state index in [4.69, 9.17) is 10.00 Å². The van der Waals surface area contributed by atoms with Crippen LogP contribution < -0.4 is 4.74 Å². The van der Waals surface area contributed by atoms with Crippen LogP contribution in [0.4, 0.5) is 0 Å². The number of nitrogens with zero attached hydrogens (tertiary/aromatic N) is 3. The van der Waals surface area contributed by atoms with E-state index in [1.54, 1.807) is 0 Å². The Balaban J connectivity index is 2.47. The third-order valence-corrected chi connectivity index (χ3v) is 2.92. The van der Waals surface area contributed by atoms with Crippen molar-refractivity contribution in [3.8, 4) is 17.7 Å². The van der Waals surface area contributed by atoms with Gasteiger partial charge in [0.2, 0.25) is 5.69 Å². The van der Waals surface area contributed by atoms with Gasteiger partial charge in [0, 0.05) is 18.0 Å². The first-order chi connectivity index (χ1) is 9.41. The van der Waals surface area contributed by atoms with Crippen LogP contribution in [0.3, 0.4) is 0 Å². The fraction of sp³-hybridized carbons (Fsp3) is 0.312. The van der Waals surface area contributed by atoms with Crippen molar-refractivity contribution in [2.24, 2.45) is 0 Å². The molecule has 4 nitrogen and oxygen atoms in total. The summed E-state index contributed by atoms with van der Waals surface area (Å²) in [7, 11) is 0. The van der Waals surface area contributed by atoms with E-state index in [9.17, 15) is 0 Å². The highest BCUT2D eigenvalue weighted by Gasteiger charge is 2.20. The molecule has 0 aliphatic carbocycles. The van der Waals surface area contributed by atoms with E-state index >= 15 is 0 Å². The predicted octanol–water partition coefficient (Wildman–Crippen LogP) is 3.75. The first-order valence-electron chi connectivity index (χ1n) is 6.42. The lowest BCUT2D eigenvalue weighted by Gasteiger charge is -2.23. The Kier molecular flexibility index (Phi) is 3.71. The Morgan fingerprint density at radius 2 is 1.85 bits per heavy atom. The standard InChI is InChI=1S/C16H17N3O/c1-11-5-6-14(12(9-11)16(2,3)4)20-15-13(10-17)18-7-8-19-15/h5-9H,1-4H3. The van der Waals surface area contributed by atoms with Crippen LogP contribution in [-0.4, -0.2) is 9.97 Å². The average Bonchev–Trinajstić information content (AvgIpc) is 2.40. The molecule has 102 valence electrons. The molecule has 0 fully saturated rings. The third kappa shape index (κ3) is 2.94. The second-order valence-electron chi connectivity index (χ2n) is 5.67. The van der Waals surface area contributed by atoms with Gasteiger partial charge in [-0.1, -0.05) is 38.5 Å². The van der Waals surface area contributed by atoms with Crippen LogP contribution in [-0.2, 0) is 5.41 Å². The number of benzene rings is 1. The number of nitriles is 1. The van der Waals surface area contributed by atoms with Gasteiger partial charge in [-0.05, 0) is 18.4 Å². The van der Waals surface area contributed by atoms with Crippen molar-refractivity contribution in [3.05, 3.63) is 47.4 Å². The second kappa shape index (κ2) is 5.30. The highest BCUT2D eigenvalue weighted by atomic mass is 16.5. The van der Waals surface area contributed by atoms with E-state index in [0.717, 1.165) is 5.56 Å². The molecule has 1 aromatic heterocycles. The van der Waals surface area contributed by atoms with Crippen molar-refractivity contribution in [2.45, 2.75) is 33.1 Å². The zero-order valence-electron chi connectivity index (χ0n) is 12.1. The van der Waals surface area contributed by atoms with Crippen LogP contribution >= 0.6 is 0 Å². The molecule has 2 rings (SSSR count). The van der Waals surface area contributed by atoms with E-state index in [1.807, 2.05) is 25.1 Å². The summed E-state index contributed by atoms with van der Waals surface area (Å²) in [4.78, 5) is 8.04. The van der Waals surface area contributed by atoms with Gasteiger partial charge >= 0.3 is 0 Å². The number of ether oxygens (including phenoxy) is 1. The highest BCUT2D eigenvalue weighted by molar-refractivity contribution is 5.44. The summed E-state index contributed by atoms with van der Waals surface area (Å²) in [6, 6.07) is 7.97. The van der Waals surface area contributed by atoms with Crippen molar-refractivity contribution >= 4 is 0 Å². The third-order valence-electron chi connectivity index (χ3n) is 2.92. The minimum absolute atomic E-state index is 0.0592. The van der Waals surface area contributed by atoms with Gasteiger partial charge in [0.05, 0.1) is 0 Å². The molecule has 1 heterocycles. The largest absolute Gasteiger partial charge is 0.436 e. The summed E-state index contributed by atoms with van der Waals surface area (Å²) in [5, 5.41) is 9.04. The van der Waals surface area contributed by atoms with Crippen LogP contribution in [0.15, 0.2) is 30.6 Å². The molecular weight excluding hydrogens is 250 g/mol. The molecular formula is C16H17N3O. The monoisotopic (exact) mass is 267 g/mol. The molecule has 0 bridgehead atoms. The van der Waals surface area contributed by atoms with Gasteiger partial charge in [0.25, 0.3) is 5.88 Å². The van der Waals surface area contributed by atoms with Gasteiger partial charge in [-0.25, -0.2) is 9.97 Å². The number of hydrogen-bond acceptors (Lipinski definition) is 4. The molecule has 0 radical (unpaired) electrons. The van der Waals surface area contributed by atoms with Crippen LogP contribution in [0.2, 0.25) is 0 Å². The van der Waals surface area contributed by atoms with Gasteiger partial charge in [0.15, 0.2) is 0 Å². The highest BCUT2D eigenvalue weighted by Crippen LogP contribution is 2.34. The van der Waals surface area contributed by atoms with Gasteiger partial charge in [-0.2, -0.15) is 5.26 Å². The smallest absolute Gasteiger partial charge is 0.256 e. The molecule has 0 spiro atoms. The lowest BCUT2D eigenvalue weighted by Crippen LogP contribution is -2.13. The fourth-order valence-electron chi connectivity index (χ4n) is 1.90. The Morgan fingerprint density at radius 3 is 2.50 bits per heavy atom. The van der Waals surface area contributed by atoms with Gasteiger partial charge < -0.3 is 4.74 Å². The Hall–Kier alpha value is -2.41. The zero-order valence-corrected chi connectivity index (χ0v) is 12.1. The first kappa shape index (κ1) is 14.0. The fourth-order valence-corrected chi connectivity index (χ4v) is 1.90. The molecule has 0 atom stereocenters. The van der Waals surface area contributed by atoms with E-state index < -0.39 is 0 Å². The molecule has 0 saturated heterocycles. The molecule has 2 aromatic rings.